The van der Waals surface area contributed by atoms with E-state index in [0.29, 0.717) is 12.2 Å². The minimum Gasteiger partial charge on any atom is -0.380 e. The van der Waals surface area contributed by atoms with Crippen LogP contribution in [-0.4, -0.2) is 4.98 Å². The Balaban J connectivity index is 2.06. The second-order valence-corrected chi connectivity index (χ2v) is 4.10. The molecule has 80 valence electrons. The molecule has 16 heavy (non-hydrogen) atoms. The zero-order valence-corrected chi connectivity index (χ0v) is 9.09. The maximum atomic E-state index is 13.2. The minimum atomic E-state index is -0.503. The highest BCUT2D eigenvalue weighted by Gasteiger charge is 2.02. The average molecular weight is 233 g/mol. The number of halogens is 1. The first-order valence-corrected chi connectivity index (χ1v) is 5.48. The topological polar surface area (TPSA) is 48.7 Å². The van der Waals surface area contributed by atoms with Gasteiger partial charge in [-0.1, -0.05) is 0 Å². The molecule has 1 N–H and O–H groups in total. The quantitative estimate of drug-likeness (QED) is 0.886. The van der Waals surface area contributed by atoms with Gasteiger partial charge < -0.3 is 5.32 Å². The van der Waals surface area contributed by atoms with Crippen molar-refractivity contribution in [3.05, 3.63) is 46.2 Å². The largest absolute Gasteiger partial charge is 0.380 e. The fourth-order valence-electron chi connectivity index (χ4n) is 1.23. The SMILES string of the molecule is N#Cc1ccc(NCc2cncs2)cc1F. The molecule has 0 spiro atoms. The number of hydrogen-bond acceptors (Lipinski definition) is 4. The summed E-state index contributed by atoms with van der Waals surface area (Å²) in [6.07, 6.45) is 1.76. The molecule has 0 unspecified atom stereocenters. The van der Waals surface area contributed by atoms with Gasteiger partial charge in [-0.2, -0.15) is 5.26 Å². The molecule has 5 heteroatoms. The van der Waals surface area contributed by atoms with E-state index in [-0.39, 0.29) is 5.56 Å². The second-order valence-electron chi connectivity index (χ2n) is 3.13. The lowest BCUT2D eigenvalue weighted by molar-refractivity contribution is 0.624. The van der Waals surface area contributed by atoms with Gasteiger partial charge in [-0.3, -0.25) is 4.98 Å². The van der Waals surface area contributed by atoms with Crippen molar-refractivity contribution < 1.29 is 4.39 Å². The molecule has 0 fully saturated rings. The molecule has 2 aromatic rings. The van der Waals surface area contributed by atoms with Crippen LogP contribution in [0.25, 0.3) is 0 Å². The molecule has 0 saturated heterocycles. The van der Waals surface area contributed by atoms with E-state index < -0.39 is 5.82 Å². The molecule has 0 aliphatic rings. The predicted octanol–water partition coefficient (Wildman–Crippen LogP) is 2.77. The molecule has 0 amide bonds. The molecule has 0 saturated carbocycles. The minimum absolute atomic E-state index is 0.0586. The van der Waals surface area contributed by atoms with Crippen molar-refractivity contribution in [3.8, 4) is 6.07 Å². The van der Waals surface area contributed by atoms with Crippen molar-refractivity contribution in [2.45, 2.75) is 6.54 Å². The van der Waals surface area contributed by atoms with Crippen LogP contribution < -0.4 is 5.32 Å². The van der Waals surface area contributed by atoms with Gasteiger partial charge in [0.05, 0.1) is 17.6 Å². The number of thiazole rings is 1. The van der Waals surface area contributed by atoms with Crippen LogP contribution in [0, 0.1) is 17.1 Å². The first-order chi connectivity index (χ1) is 7.79. The Morgan fingerprint density at radius 1 is 1.50 bits per heavy atom. The van der Waals surface area contributed by atoms with E-state index in [0.717, 1.165) is 4.88 Å². The van der Waals surface area contributed by atoms with E-state index in [1.807, 2.05) is 0 Å². The molecule has 3 nitrogen and oxygen atoms in total. The van der Waals surface area contributed by atoms with Gasteiger partial charge >= 0.3 is 0 Å². The second kappa shape index (κ2) is 4.73. The number of rotatable bonds is 3. The van der Waals surface area contributed by atoms with Crippen molar-refractivity contribution in [3.63, 3.8) is 0 Å². The van der Waals surface area contributed by atoms with Crippen molar-refractivity contribution in [1.29, 1.82) is 5.26 Å². The molecule has 0 aliphatic heterocycles. The van der Waals surface area contributed by atoms with Crippen LogP contribution in [-0.2, 0) is 6.54 Å². The van der Waals surface area contributed by atoms with Crippen LogP contribution in [0.2, 0.25) is 0 Å². The summed E-state index contributed by atoms with van der Waals surface area (Å²) in [7, 11) is 0. The zero-order chi connectivity index (χ0) is 11.4. The van der Waals surface area contributed by atoms with Gasteiger partial charge in [0.15, 0.2) is 0 Å². The molecule has 1 aromatic carbocycles. The first kappa shape index (κ1) is 10.6. The lowest BCUT2D eigenvalue weighted by Gasteiger charge is -2.04. The van der Waals surface area contributed by atoms with Crippen LogP contribution in [0.5, 0.6) is 0 Å². The van der Waals surface area contributed by atoms with Crippen LogP contribution in [0.3, 0.4) is 0 Å². The number of aromatic nitrogens is 1. The number of nitriles is 1. The lowest BCUT2D eigenvalue weighted by atomic mass is 10.2. The van der Waals surface area contributed by atoms with Gasteiger partial charge in [-0.15, -0.1) is 11.3 Å². The van der Waals surface area contributed by atoms with Crippen LogP contribution >= 0.6 is 11.3 Å². The normalized spacial score (nSPS) is 9.75. The number of nitrogens with zero attached hydrogens (tertiary/aromatic N) is 2. The molecular weight excluding hydrogens is 225 g/mol. The standard InChI is InChI=1S/C11H8FN3S/c12-11-3-9(2-1-8(11)4-13)15-6-10-5-14-7-16-10/h1-3,5,7,15H,6H2. The van der Waals surface area contributed by atoms with Gasteiger partial charge in [0.2, 0.25) is 0 Å². The highest BCUT2D eigenvalue weighted by Crippen LogP contribution is 2.15. The summed E-state index contributed by atoms with van der Waals surface area (Å²) in [5.41, 5.74) is 2.46. The van der Waals surface area contributed by atoms with Gasteiger partial charge in [0.1, 0.15) is 11.9 Å². The van der Waals surface area contributed by atoms with Crippen LogP contribution in [0.1, 0.15) is 10.4 Å². The van der Waals surface area contributed by atoms with E-state index in [4.69, 9.17) is 5.26 Å². The number of anilines is 1. The smallest absolute Gasteiger partial charge is 0.143 e. The number of benzene rings is 1. The van der Waals surface area contributed by atoms with E-state index in [2.05, 4.69) is 10.3 Å². The molecule has 0 atom stereocenters. The fraction of sp³-hybridized carbons (Fsp3) is 0.0909. The molecule has 1 aromatic heterocycles. The Hall–Kier alpha value is -1.93. The highest BCUT2D eigenvalue weighted by molar-refractivity contribution is 7.09. The molecule has 0 bridgehead atoms. The first-order valence-electron chi connectivity index (χ1n) is 4.60. The van der Waals surface area contributed by atoms with E-state index in [1.165, 1.54) is 23.5 Å². The van der Waals surface area contributed by atoms with Gasteiger partial charge in [-0.25, -0.2) is 4.39 Å². The molecule has 0 aliphatic carbocycles. The Morgan fingerprint density at radius 3 is 3.00 bits per heavy atom. The lowest BCUT2D eigenvalue weighted by Crippen LogP contribution is -1.98. The highest BCUT2D eigenvalue weighted by atomic mass is 32.1. The predicted molar refractivity (Wildman–Crippen MR) is 60.6 cm³/mol. The molecule has 1 heterocycles. The van der Waals surface area contributed by atoms with Crippen LogP contribution in [0.4, 0.5) is 10.1 Å². The van der Waals surface area contributed by atoms with E-state index in [1.54, 1.807) is 23.8 Å². The summed E-state index contributed by atoms with van der Waals surface area (Å²) in [6.45, 7) is 0.607. The summed E-state index contributed by atoms with van der Waals surface area (Å²) in [5, 5.41) is 11.6. The molecule has 2 rings (SSSR count). The van der Waals surface area contributed by atoms with Crippen molar-refractivity contribution in [2.24, 2.45) is 0 Å². The summed E-state index contributed by atoms with van der Waals surface area (Å²) in [5.74, 6) is -0.503. The summed E-state index contributed by atoms with van der Waals surface area (Å²) < 4.78 is 13.2. The number of nitrogens with one attached hydrogen (secondary N) is 1. The van der Waals surface area contributed by atoms with E-state index in [9.17, 15) is 4.39 Å². The van der Waals surface area contributed by atoms with Gasteiger partial charge in [-0.05, 0) is 18.2 Å². The maximum Gasteiger partial charge on any atom is 0.143 e. The maximum absolute atomic E-state index is 13.2. The molecular formula is C11H8FN3S. The summed E-state index contributed by atoms with van der Waals surface area (Å²) >= 11 is 1.53. The Labute approximate surface area is 96.2 Å². The average Bonchev–Trinajstić information content (AvgIpc) is 2.79. The Kier molecular flexibility index (Phi) is 3.13. The van der Waals surface area contributed by atoms with Crippen molar-refractivity contribution in [2.75, 3.05) is 5.32 Å². The Morgan fingerprint density at radius 2 is 2.38 bits per heavy atom. The van der Waals surface area contributed by atoms with Gasteiger partial charge in [0.25, 0.3) is 0 Å². The third-order valence-corrected chi connectivity index (χ3v) is 2.82. The third kappa shape index (κ3) is 2.35. The number of hydrogen-bond donors (Lipinski definition) is 1. The molecule has 0 radical (unpaired) electrons. The zero-order valence-electron chi connectivity index (χ0n) is 8.27. The summed E-state index contributed by atoms with van der Waals surface area (Å²) in [4.78, 5) is 5.01. The van der Waals surface area contributed by atoms with E-state index >= 15 is 0 Å². The monoisotopic (exact) mass is 233 g/mol. The fourth-order valence-corrected chi connectivity index (χ4v) is 1.77. The van der Waals surface area contributed by atoms with Crippen LogP contribution in [0.15, 0.2) is 29.9 Å². The third-order valence-electron chi connectivity index (χ3n) is 2.04. The van der Waals surface area contributed by atoms with Gasteiger partial charge in [0, 0.05) is 16.8 Å². The Bertz CT molecular complexity index is 517. The van der Waals surface area contributed by atoms with Crippen molar-refractivity contribution in [1.82, 2.24) is 4.98 Å². The summed E-state index contributed by atoms with van der Waals surface area (Å²) in [6, 6.07) is 6.25. The van der Waals surface area contributed by atoms with Crippen molar-refractivity contribution >= 4 is 17.0 Å².